The average molecular weight is 583 g/mol. The smallest absolute Gasteiger partial charge is 0.0602 e. The van der Waals surface area contributed by atoms with Crippen molar-refractivity contribution in [3.8, 4) is 0 Å². The van der Waals surface area contributed by atoms with Crippen LogP contribution in [0.2, 0.25) is 0 Å². The van der Waals surface area contributed by atoms with Crippen molar-refractivity contribution in [3.05, 3.63) is 73.4 Å². The lowest BCUT2D eigenvalue weighted by Gasteiger charge is -2.33. The maximum Gasteiger partial charge on any atom is 0.0602 e. The molecule has 4 heteroatoms. The zero-order valence-corrected chi connectivity index (χ0v) is 20.0. The van der Waals surface area contributed by atoms with Crippen LogP contribution >= 0.6 is 56.9 Å². The Morgan fingerprint density at radius 3 is 1.69 bits per heavy atom. The predicted octanol–water partition coefficient (Wildman–Crippen LogP) is 8.13. The number of fused-ring (bicyclic) bond motifs is 2. The van der Waals surface area contributed by atoms with Gasteiger partial charge in [0.05, 0.1) is 11.4 Å². The van der Waals surface area contributed by atoms with E-state index < -0.39 is 0 Å². The van der Waals surface area contributed by atoms with Crippen LogP contribution in [0.1, 0.15) is 26.3 Å². The van der Waals surface area contributed by atoms with E-state index in [9.17, 15) is 0 Å². The van der Waals surface area contributed by atoms with Gasteiger partial charge in [0.1, 0.15) is 0 Å². The predicted molar refractivity (Wildman–Crippen MR) is 129 cm³/mol. The molecule has 3 aromatic carbocycles. The van der Waals surface area contributed by atoms with Gasteiger partial charge in [-0.3, -0.25) is 0 Å². The molecule has 0 N–H and O–H groups in total. The summed E-state index contributed by atoms with van der Waals surface area (Å²) in [5.74, 6) is 0. The van der Waals surface area contributed by atoms with E-state index in [0.717, 1.165) is 0 Å². The summed E-state index contributed by atoms with van der Waals surface area (Å²) in [5.41, 5.74) is 5.25. The lowest BCUT2D eigenvalue weighted by Crippen LogP contribution is -2.16. The fourth-order valence-corrected chi connectivity index (χ4v) is 5.69. The maximum atomic E-state index is 2.39. The molecule has 0 unspecified atom stereocenters. The Bertz CT molecular complexity index is 923. The van der Waals surface area contributed by atoms with Gasteiger partial charge in [0.25, 0.3) is 0 Å². The quantitative estimate of drug-likeness (QED) is 0.208. The molecule has 3 aromatic rings. The van der Waals surface area contributed by atoms with E-state index in [-0.39, 0.29) is 5.41 Å². The lowest BCUT2D eigenvalue weighted by molar-refractivity contribution is 0.590. The molecule has 1 aliphatic heterocycles. The van der Waals surface area contributed by atoms with E-state index in [4.69, 9.17) is 0 Å². The van der Waals surface area contributed by atoms with E-state index in [1.807, 2.05) is 11.8 Å². The van der Waals surface area contributed by atoms with Crippen molar-refractivity contribution in [2.45, 2.75) is 36.0 Å². The number of nitrogens with zero attached hydrogens (tertiary/aromatic N) is 1. The normalized spacial score (nSPS) is 13.3. The van der Waals surface area contributed by atoms with Crippen molar-refractivity contribution < 1.29 is 0 Å². The molecule has 4 rings (SSSR count). The Morgan fingerprint density at radius 1 is 0.731 bits per heavy atom. The first kappa shape index (κ1) is 18.6. The van der Waals surface area contributed by atoms with Crippen LogP contribution in [0, 0.1) is 7.14 Å². The van der Waals surface area contributed by atoms with E-state index in [0.29, 0.717) is 0 Å². The fourth-order valence-electron chi connectivity index (χ4n) is 3.15. The second kappa shape index (κ2) is 7.02. The molecule has 0 aliphatic carbocycles. The number of rotatable bonds is 1. The first-order chi connectivity index (χ1) is 12.3. The first-order valence-corrected chi connectivity index (χ1v) is 11.5. The van der Waals surface area contributed by atoms with Gasteiger partial charge in [-0.1, -0.05) is 44.7 Å². The van der Waals surface area contributed by atoms with Crippen molar-refractivity contribution in [2.24, 2.45) is 0 Å². The molecule has 0 amide bonds. The van der Waals surface area contributed by atoms with Crippen molar-refractivity contribution >= 4 is 74.0 Å². The zero-order chi connectivity index (χ0) is 18.5. The standard InChI is InChI=1S/C22H19I2NS/c1-22(2,3)14-4-8-17(9-5-14)25-18-10-6-15(23)12-20(18)26-21-13-16(24)7-11-19(21)25/h4-13H,1-3H3. The molecule has 0 atom stereocenters. The lowest BCUT2D eigenvalue weighted by atomic mass is 9.87. The molecule has 0 saturated carbocycles. The third kappa shape index (κ3) is 3.52. The maximum absolute atomic E-state index is 2.39. The summed E-state index contributed by atoms with van der Waals surface area (Å²) < 4.78 is 2.54. The van der Waals surface area contributed by atoms with Crippen molar-refractivity contribution in [3.63, 3.8) is 0 Å². The summed E-state index contributed by atoms with van der Waals surface area (Å²) in [6.07, 6.45) is 0. The second-order valence-electron chi connectivity index (χ2n) is 7.46. The first-order valence-electron chi connectivity index (χ1n) is 8.50. The van der Waals surface area contributed by atoms with Gasteiger partial charge in [-0.05, 0) is 105 Å². The highest BCUT2D eigenvalue weighted by Gasteiger charge is 2.25. The Labute approximate surface area is 186 Å². The molecule has 1 heterocycles. The molecule has 0 bridgehead atoms. The van der Waals surface area contributed by atoms with Gasteiger partial charge in [0.15, 0.2) is 0 Å². The molecule has 0 radical (unpaired) electrons. The SMILES string of the molecule is CC(C)(C)c1ccc(N2c3ccc(I)cc3Sc3cc(I)ccc32)cc1. The van der Waals surface area contributed by atoms with Gasteiger partial charge in [-0.25, -0.2) is 0 Å². The van der Waals surface area contributed by atoms with Crippen LogP contribution < -0.4 is 4.90 Å². The Hall–Kier alpha value is -0.730. The number of hydrogen-bond acceptors (Lipinski definition) is 2. The molecular weight excluding hydrogens is 564 g/mol. The monoisotopic (exact) mass is 583 g/mol. The molecule has 26 heavy (non-hydrogen) atoms. The molecule has 1 aliphatic rings. The average Bonchev–Trinajstić information content (AvgIpc) is 2.59. The molecule has 0 aromatic heterocycles. The van der Waals surface area contributed by atoms with Crippen molar-refractivity contribution in [1.29, 1.82) is 0 Å². The largest absolute Gasteiger partial charge is 0.308 e. The highest BCUT2D eigenvalue weighted by atomic mass is 127. The fraction of sp³-hybridized carbons (Fsp3) is 0.182. The Kier molecular flexibility index (Phi) is 5.03. The number of anilines is 3. The number of benzene rings is 3. The summed E-state index contributed by atoms with van der Waals surface area (Å²) >= 11 is 6.65. The van der Waals surface area contributed by atoms with Crippen LogP contribution in [-0.4, -0.2) is 0 Å². The van der Waals surface area contributed by atoms with Gasteiger partial charge in [0.2, 0.25) is 0 Å². The van der Waals surface area contributed by atoms with Crippen LogP contribution in [0.15, 0.2) is 70.5 Å². The third-order valence-corrected chi connectivity index (χ3v) is 6.97. The molecule has 132 valence electrons. The van der Waals surface area contributed by atoms with Gasteiger partial charge in [-0.2, -0.15) is 0 Å². The van der Waals surface area contributed by atoms with Crippen LogP contribution in [0.25, 0.3) is 0 Å². The van der Waals surface area contributed by atoms with Gasteiger partial charge < -0.3 is 4.90 Å². The van der Waals surface area contributed by atoms with E-state index in [1.165, 1.54) is 39.6 Å². The minimum Gasteiger partial charge on any atom is -0.308 e. The van der Waals surface area contributed by atoms with Crippen molar-refractivity contribution in [1.82, 2.24) is 0 Å². The minimum absolute atomic E-state index is 0.165. The van der Waals surface area contributed by atoms with Gasteiger partial charge in [0, 0.05) is 22.6 Å². The van der Waals surface area contributed by atoms with E-state index in [1.54, 1.807) is 0 Å². The second-order valence-corrected chi connectivity index (χ2v) is 11.0. The Balaban J connectivity index is 1.88. The van der Waals surface area contributed by atoms with Gasteiger partial charge >= 0.3 is 0 Å². The van der Waals surface area contributed by atoms with Crippen LogP contribution in [0.4, 0.5) is 17.1 Å². The number of halogens is 2. The molecule has 0 spiro atoms. The minimum atomic E-state index is 0.165. The summed E-state index contributed by atoms with van der Waals surface area (Å²) in [6.45, 7) is 6.77. The zero-order valence-electron chi connectivity index (χ0n) is 14.9. The van der Waals surface area contributed by atoms with Crippen LogP contribution in [0.3, 0.4) is 0 Å². The topological polar surface area (TPSA) is 3.24 Å². The molecule has 0 fully saturated rings. The highest BCUT2D eigenvalue weighted by molar-refractivity contribution is 14.1. The summed E-state index contributed by atoms with van der Waals surface area (Å²) in [7, 11) is 0. The molecular formula is C22H19I2NS. The summed E-state index contributed by atoms with van der Waals surface area (Å²) in [4.78, 5) is 5.01. The molecule has 0 saturated heterocycles. The van der Waals surface area contributed by atoms with E-state index >= 15 is 0 Å². The van der Waals surface area contributed by atoms with E-state index in [2.05, 4.69) is 132 Å². The van der Waals surface area contributed by atoms with Crippen LogP contribution in [-0.2, 0) is 5.41 Å². The van der Waals surface area contributed by atoms with Crippen molar-refractivity contribution in [2.75, 3.05) is 4.90 Å². The highest BCUT2D eigenvalue weighted by Crippen LogP contribution is 2.52. The third-order valence-electron chi connectivity index (χ3n) is 4.54. The summed E-state index contributed by atoms with van der Waals surface area (Å²) in [5, 5.41) is 0. The van der Waals surface area contributed by atoms with Gasteiger partial charge in [-0.15, -0.1) is 0 Å². The Morgan fingerprint density at radius 2 is 1.23 bits per heavy atom. The molecule has 1 nitrogen and oxygen atoms in total. The number of hydrogen-bond donors (Lipinski definition) is 0. The summed E-state index contributed by atoms with van der Waals surface area (Å²) in [6, 6.07) is 22.4. The van der Waals surface area contributed by atoms with Crippen LogP contribution in [0.5, 0.6) is 0 Å².